The third kappa shape index (κ3) is 1.45. The largest absolute Gasteiger partial charge is 0.493 e. The summed E-state index contributed by atoms with van der Waals surface area (Å²) in [5, 5.41) is 0.948. The van der Waals surface area contributed by atoms with E-state index in [1.807, 2.05) is 6.92 Å². The van der Waals surface area contributed by atoms with Gasteiger partial charge in [0.25, 0.3) is 5.56 Å². The number of aldehydes is 1. The maximum absolute atomic E-state index is 12.0. The van der Waals surface area contributed by atoms with Gasteiger partial charge in [0.1, 0.15) is 12.0 Å². The van der Waals surface area contributed by atoms with Gasteiger partial charge in [-0.05, 0) is 24.1 Å². The number of aromatic amines is 1. The molecule has 0 saturated heterocycles. The average Bonchev–Trinajstić information content (AvgIpc) is 2.38. The minimum atomic E-state index is -0.0594. The molecule has 4 nitrogen and oxygen atoms in total. The average molecular weight is 243 g/mol. The Morgan fingerprint density at radius 2 is 2.28 bits per heavy atom. The summed E-state index contributed by atoms with van der Waals surface area (Å²) in [6, 6.07) is 3.43. The van der Waals surface area contributed by atoms with E-state index in [2.05, 4.69) is 4.98 Å². The summed E-state index contributed by atoms with van der Waals surface area (Å²) < 4.78 is 5.60. The van der Waals surface area contributed by atoms with Crippen molar-refractivity contribution < 1.29 is 9.53 Å². The fraction of sp³-hybridized carbons (Fsp3) is 0.286. The number of aromatic nitrogens is 1. The number of benzene rings is 1. The van der Waals surface area contributed by atoms with Gasteiger partial charge in [-0.1, -0.05) is 6.92 Å². The van der Waals surface area contributed by atoms with Gasteiger partial charge in [-0.25, -0.2) is 0 Å². The van der Waals surface area contributed by atoms with Crippen molar-refractivity contribution in [3.8, 4) is 5.75 Å². The molecule has 2 heterocycles. The number of hydrogen-bond donors (Lipinski definition) is 1. The van der Waals surface area contributed by atoms with Gasteiger partial charge < -0.3 is 9.72 Å². The molecule has 92 valence electrons. The number of pyridine rings is 1. The van der Waals surface area contributed by atoms with E-state index in [-0.39, 0.29) is 5.56 Å². The van der Waals surface area contributed by atoms with Crippen LogP contribution in [0.25, 0.3) is 10.9 Å². The maximum atomic E-state index is 12.0. The van der Waals surface area contributed by atoms with E-state index in [0.717, 1.165) is 29.2 Å². The molecule has 4 heteroatoms. The van der Waals surface area contributed by atoms with Gasteiger partial charge in [-0.2, -0.15) is 0 Å². The van der Waals surface area contributed by atoms with Crippen molar-refractivity contribution in [1.82, 2.24) is 4.98 Å². The molecule has 0 aliphatic carbocycles. The zero-order chi connectivity index (χ0) is 12.7. The molecule has 0 saturated carbocycles. The van der Waals surface area contributed by atoms with Crippen LogP contribution < -0.4 is 10.3 Å². The lowest BCUT2D eigenvalue weighted by atomic mass is 9.96. The fourth-order valence-corrected chi connectivity index (χ4v) is 2.63. The molecule has 0 atom stereocenters. The van der Waals surface area contributed by atoms with Crippen LogP contribution in [0, 0.1) is 0 Å². The van der Waals surface area contributed by atoms with E-state index in [4.69, 9.17) is 4.74 Å². The zero-order valence-corrected chi connectivity index (χ0v) is 10.1. The van der Waals surface area contributed by atoms with E-state index in [9.17, 15) is 9.59 Å². The summed E-state index contributed by atoms with van der Waals surface area (Å²) in [7, 11) is 0. The minimum Gasteiger partial charge on any atom is -0.493 e. The number of nitrogens with one attached hydrogen (secondary N) is 1. The second kappa shape index (κ2) is 3.98. The van der Waals surface area contributed by atoms with E-state index < -0.39 is 0 Å². The quantitative estimate of drug-likeness (QED) is 0.819. The molecule has 1 N–H and O–H groups in total. The first-order valence-electron chi connectivity index (χ1n) is 6.04. The second-order valence-electron chi connectivity index (χ2n) is 4.42. The van der Waals surface area contributed by atoms with Crippen molar-refractivity contribution in [2.75, 3.05) is 6.61 Å². The molecule has 1 aliphatic rings. The first-order chi connectivity index (χ1) is 8.74. The third-order valence-electron chi connectivity index (χ3n) is 3.41. The van der Waals surface area contributed by atoms with Crippen LogP contribution in [0.15, 0.2) is 16.9 Å². The molecule has 18 heavy (non-hydrogen) atoms. The molecule has 0 unspecified atom stereocenters. The Balaban J connectivity index is 2.48. The Morgan fingerprint density at radius 3 is 3.00 bits per heavy atom. The highest BCUT2D eigenvalue weighted by atomic mass is 16.5. The number of ether oxygens (including phenoxy) is 1. The van der Waals surface area contributed by atoms with Crippen molar-refractivity contribution in [3.05, 3.63) is 39.2 Å². The van der Waals surface area contributed by atoms with Crippen LogP contribution in [-0.4, -0.2) is 17.9 Å². The Hall–Kier alpha value is -2.10. The standard InChI is InChI=1S/C14H13NO3/c1-2-9-10-3-4-18-12-6-8(7-16)5-11(13(10)12)15-14(9)17/h5-7H,2-4H2,1H3,(H,15,17). The van der Waals surface area contributed by atoms with E-state index >= 15 is 0 Å². The molecule has 1 aromatic carbocycles. The van der Waals surface area contributed by atoms with Crippen LogP contribution in [0.2, 0.25) is 0 Å². The molecule has 0 radical (unpaired) electrons. The molecule has 0 amide bonds. The van der Waals surface area contributed by atoms with Gasteiger partial charge >= 0.3 is 0 Å². The number of rotatable bonds is 2. The van der Waals surface area contributed by atoms with Gasteiger partial charge in [0.15, 0.2) is 0 Å². The van der Waals surface area contributed by atoms with E-state index in [1.54, 1.807) is 12.1 Å². The molecular formula is C14H13NO3. The lowest BCUT2D eigenvalue weighted by Crippen LogP contribution is -2.20. The van der Waals surface area contributed by atoms with Crippen molar-refractivity contribution in [3.63, 3.8) is 0 Å². The highest BCUT2D eigenvalue weighted by Crippen LogP contribution is 2.33. The Morgan fingerprint density at radius 1 is 1.44 bits per heavy atom. The summed E-state index contributed by atoms with van der Waals surface area (Å²) >= 11 is 0. The molecule has 0 bridgehead atoms. The Labute approximate surface area is 104 Å². The predicted molar refractivity (Wildman–Crippen MR) is 68.5 cm³/mol. The van der Waals surface area contributed by atoms with Gasteiger partial charge in [-0.3, -0.25) is 9.59 Å². The SMILES string of the molecule is CCc1c2c3c(cc(C=O)cc3[nH]c1=O)OCC2. The van der Waals surface area contributed by atoms with E-state index in [1.165, 1.54) is 0 Å². The molecule has 1 aliphatic heterocycles. The van der Waals surface area contributed by atoms with Crippen molar-refractivity contribution in [2.24, 2.45) is 0 Å². The minimum absolute atomic E-state index is 0.0594. The van der Waals surface area contributed by atoms with Crippen molar-refractivity contribution in [2.45, 2.75) is 19.8 Å². The fourth-order valence-electron chi connectivity index (χ4n) is 2.63. The Bertz CT molecular complexity index is 700. The summed E-state index contributed by atoms with van der Waals surface area (Å²) in [6.45, 7) is 2.53. The van der Waals surface area contributed by atoms with Gasteiger partial charge in [0, 0.05) is 22.9 Å². The lowest BCUT2D eigenvalue weighted by molar-refractivity contribution is 0.112. The maximum Gasteiger partial charge on any atom is 0.251 e. The van der Waals surface area contributed by atoms with Crippen LogP contribution in [-0.2, 0) is 12.8 Å². The van der Waals surface area contributed by atoms with Crippen molar-refractivity contribution in [1.29, 1.82) is 0 Å². The number of H-pyrrole nitrogens is 1. The monoisotopic (exact) mass is 243 g/mol. The first-order valence-corrected chi connectivity index (χ1v) is 6.04. The summed E-state index contributed by atoms with van der Waals surface area (Å²) in [4.78, 5) is 25.7. The van der Waals surface area contributed by atoms with Gasteiger partial charge in [0.2, 0.25) is 0 Å². The van der Waals surface area contributed by atoms with E-state index in [0.29, 0.717) is 29.9 Å². The predicted octanol–water partition coefficient (Wildman–Crippen LogP) is 1.84. The lowest BCUT2D eigenvalue weighted by Gasteiger charge is -2.20. The number of carbonyl (C=O) groups is 1. The molecule has 0 spiro atoms. The van der Waals surface area contributed by atoms with Gasteiger partial charge in [-0.15, -0.1) is 0 Å². The zero-order valence-electron chi connectivity index (χ0n) is 10.1. The van der Waals surface area contributed by atoms with Crippen LogP contribution in [0.5, 0.6) is 5.75 Å². The molecule has 1 aromatic heterocycles. The number of hydrogen-bond acceptors (Lipinski definition) is 3. The summed E-state index contributed by atoms with van der Waals surface area (Å²) in [5.41, 5.74) is 3.04. The molecule has 0 fully saturated rings. The van der Waals surface area contributed by atoms with Crippen LogP contribution in [0.3, 0.4) is 0 Å². The summed E-state index contributed by atoms with van der Waals surface area (Å²) in [5.74, 6) is 0.696. The van der Waals surface area contributed by atoms with Crippen LogP contribution >= 0.6 is 0 Å². The second-order valence-corrected chi connectivity index (χ2v) is 4.42. The normalized spacial score (nSPS) is 13.4. The molecule has 2 aromatic rings. The first kappa shape index (κ1) is 11.0. The smallest absolute Gasteiger partial charge is 0.251 e. The highest BCUT2D eigenvalue weighted by Gasteiger charge is 2.19. The van der Waals surface area contributed by atoms with Crippen LogP contribution in [0.1, 0.15) is 28.4 Å². The van der Waals surface area contributed by atoms with Gasteiger partial charge in [0.05, 0.1) is 12.1 Å². The summed E-state index contributed by atoms with van der Waals surface area (Å²) in [6.07, 6.45) is 2.21. The molecular weight excluding hydrogens is 230 g/mol. The third-order valence-corrected chi connectivity index (χ3v) is 3.41. The van der Waals surface area contributed by atoms with Crippen molar-refractivity contribution >= 4 is 17.2 Å². The highest BCUT2D eigenvalue weighted by molar-refractivity contribution is 5.94. The topological polar surface area (TPSA) is 59.2 Å². The van der Waals surface area contributed by atoms with Crippen LogP contribution in [0.4, 0.5) is 0 Å². The molecule has 3 rings (SSSR count). The number of carbonyl (C=O) groups excluding carboxylic acids is 1. The Kier molecular flexibility index (Phi) is 2.44.